The second-order valence-electron chi connectivity index (χ2n) is 3.38. The molecule has 1 saturated heterocycles. The molecule has 4 atom stereocenters. The molecule has 0 saturated carbocycles. The van der Waals surface area contributed by atoms with Gasteiger partial charge in [0.15, 0.2) is 6.10 Å². The van der Waals surface area contributed by atoms with Gasteiger partial charge in [-0.1, -0.05) is 6.92 Å². The van der Waals surface area contributed by atoms with Crippen LogP contribution in [-0.4, -0.2) is 34.5 Å². The third kappa shape index (κ3) is 1.76. The highest BCUT2D eigenvalue weighted by Gasteiger charge is 2.36. The summed E-state index contributed by atoms with van der Waals surface area (Å²) in [4.78, 5) is 10.6. The third-order valence-electron chi connectivity index (χ3n) is 2.28. The van der Waals surface area contributed by atoms with Crippen molar-refractivity contribution in [2.24, 2.45) is 5.92 Å². The van der Waals surface area contributed by atoms with Crippen molar-refractivity contribution in [1.29, 1.82) is 0 Å². The Kier molecular flexibility index (Phi) is 2.69. The van der Waals surface area contributed by atoms with Gasteiger partial charge in [0.05, 0.1) is 12.2 Å². The summed E-state index contributed by atoms with van der Waals surface area (Å²) < 4.78 is 5.12. The first-order valence-electron chi connectivity index (χ1n) is 4.08. The van der Waals surface area contributed by atoms with Crippen LogP contribution in [0.1, 0.15) is 20.3 Å². The van der Waals surface area contributed by atoms with Crippen molar-refractivity contribution in [3.63, 3.8) is 0 Å². The second kappa shape index (κ2) is 3.41. The number of ether oxygens (including phenoxy) is 1. The Balaban J connectivity index is 2.61. The van der Waals surface area contributed by atoms with Crippen LogP contribution in [0.4, 0.5) is 0 Å². The molecule has 1 heterocycles. The van der Waals surface area contributed by atoms with E-state index < -0.39 is 18.2 Å². The summed E-state index contributed by atoms with van der Waals surface area (Å²) in [6, 6.07) is 0. The van der Waals surface area contributed by atoms with E-state index in [-0.39, 0.29) is 12.0 Å². The standard InChI is InChI=1S/C8H14O4/c1-4-3-6(9)5(2)12-7(4)8(10)11/h4-7,9H,3H2,1-2H3,(H,10,11). The fraction of sp³-hybridized carbons (Fsp3) is 0.875. The van der Waals surface area contributed by atoms with Crippen molar-refractivity contribution in [3.8, 4) is 0 Å². The van der Waals surface area contributed by atoms with Gasteiger partial charge in [-0.3, -0.25) is 0 Å². The van der Waals surface area contributed by atoms with E-state index in [1.165, 1.54) is 0 Å². The molecule has 12 heavy (non-hydrogen) atoms. The second-order valence-corrected chi connectivity index (χ2v) is 3.38. The lowest BCUT2D eigenvalue weighted by molar-refractivity contribution is -0.176. The SMILES string of the molecule is CC1CC(O)C(C)OC1C(=O)O. The van der Waals surface area contributed by atoms with Crippen molar-refractivity contribution >= 4 is 5.97 Å². The molecule has 0 amide bonds. The van der Waals surface area contributed by atoms with E-state index in [9.17, 15) is 9.90 Å². The lowest BCUT2D eigenvalue weighted by Crippen LogP contribution is -2.45. The molecule has 1 aliphatic rings. The molecule has 1 rings (SSSR count). The molecule has 4 unspecified atom stereocenters. The molecular weight excluding hydrogens is 160 g/mol. The highest BCUT2D eigenvalue weighted by Crippen LogP contribution is 2.24. The molecule has 0 bridgehead atoms. The summed E-state index contributed by atoms with van der Waals surface area (Å²) >= 11 is 0. The van der Waals surface area contributed by atoms with Crippen LogP contribution in [-0.2, 0) is 9.53 Å². The number of carboxylic acids is 1. The zero-order chi connectivity index (χ0) is 9.30. The topological polar surface area (TPSA) is 66.8 Å². The van der Waals surface area contributed by atoms with Gasteiger partial charge >= 0.3 is 5.97 Å². The number of aliphatic hydroxyl groups excluding tert-OH is 1. The Morgan fingerprint density at radius 1 is 1.50 bits per heavy atom. The normalized spacial score (nSPS) is 42.6. The number of rotatable bonds is 1. The summed E-state index contributed by atoms with van der Waals surface area (Å²) in [6.45, 7) is 3.46. The number of aliphatic carboxylic acids is 1. The van der Waals surface area contributed by atoms with Crippen LogP contribution >= 0.6 is 0 Å². The quantitative estimate of drug-likeness (QED) is 0.597. The van der Waals surface area contributed by atoms with E-state index in [2.05, 4.69) is 0 Å². The van der Waals surface area contributed by atoms with Crippen molar-refractivity contribution in [3.05, 3.63) is 0 Å². The Hall–Kier alpha value is -0.610. The van der Waals surface area contributed by atoms with E-state index in [1.54, 1.807) is 13.8 Å². The van der Waals surface area contributed by atoms with Crippen molar-refractivity contribution in [2.75, 3.05) is 0 Å². The van der Waals surface area contributed by atoms with Gasteiger partial charge in [0.2, 0.25) is 0 Å². The Morgan fingerprint density at radius 2 is 2.08 bits per heavy atom. The van der Waals surface area contributed by atoms with Gasteiger partial charge in [0.1, 0.15) is 0 Å². The largest absolute Gasteiger partial charge is 0.479 e. The van der Waals surface area contributed by atoms with Gasteiger partial charge in [-0.15, -0.1) is 0 Å². The molecule has 70 valence electrons. The van der Waals surface area contributed by atoms with E-state index >= 15 is 0 Å². The van der Waals surface area contributed by atoms with E-state index in [4.69, 9.17) is 9.84 Å². The number of carbonyl (C=O) groups is 1. The summed E-state index contributed by atoms with van der Waals surface area (Å²) in [5.74, 6) is -1.06. The van der Waals surface area contributed by atoms with Crippen LogP contribution in [0.5, 0.6) is 0 Å². The minimum atomic E-state index is -0.943. The van der Waals surface area contributed by atoms with E-state index in [0.717, 1.165) is 0 Å². The Morgan fingerprint density at radius 3 is 2.58 bits per heavy atom. The third-order valence-corrected chi connectivity index (χ3v) is 2.28. The summed E-state index contributed by atoms with van der Waals surface area (Å²) in [7, 11) is 0. The molecule has 0 spiro atoms. The summed E-state index contributed by atoms with van der Waals surface area (Å²) in [5, 5.41) is 18.0. The van der Waals surface area contributed by atoms with Crippen molar-refractivity contribution < 1.29 is 19.7 Å². The summed E-state index contributed by atoms with van der Waals surface area (Å²) in [6.07, 6.45) is -1.17. The monoisotopic (exact) mass is 174 g/mol. The van der Waals surface area contributed by atoms with Crippen LogP contribution in [0.3, 0.4) is 0 Å². The minimum Gasteiger partial charge on any atom is -0.479 e. The van der Waals surface area contributed by atoms with E-state index in [1.807, 2.05) is 0 Å². The summed E-state index contributed by atoms with van der Waals surface area (Å²) in [5.41, 5.74) is 0. The molecule has 1 fully saturated rings. The molecule has 1 aliphatic heterocycles. The predicted molar refractivity (Wildman–Crippen MR) is 41.8 cm³/mol. The zero-order valence-corrected chi connectivity index (χ0v) is 7.23. The first-order valence-corrected chi connectivity index (χ1v) is 4.08. The maximum atomic E-state index is 10.6. The van der Waals surface area contributed by atoms with Gasteiger partial charge < -0.3 is 14.9 Å². The van der Waals surface area contributed by atoms with Crippen molar-refractivity contribution in [1.82, 2.24) is 0 Å². The number of carboxylic acid groups (broad SMARTS) is 1. The Bertz CT molecular complexity index is 180. The minimum absolute atomic E-state index is 0.117. The molecule has 0 aromatic heterocycles. The first kappa shape index (κ1) is 9.48. The highest BCUT2D eigenvalue weighted by molar-refractivity contribution is 5.72. The van der Waals surface area contributed by atoms with E-state index in [0.29, 0.717) is 6.42 Å². The van der Waals surface area contributed by atoms with Gasteiger partial charge in [-0.2, -0.15) is 0 Å². The van der Waals surface area contributed by atoms with Crippen molar-refractivity contribution in [2.45, 2.75) is 38.6 Å². The number of hydrogen-bond acceptors (Lipinski definition) is 3. The van der Waals surface area contributed by atoms with Gasteiger partial charge in [0.25, 0.3) is 0 Å². The first-order chi connectivity index (χ1) is 5.52. The smallest absolute Gasteiger partial charge is 0.333 e. The van der Waals surface area contributed by atoms with Crippen LogP contribution in [0.2, 0.25) is 0 Å². The van der Waals surface area contributed by atoms with Crippen LogP contribution in [0.15, 0.2) is 0 Å². The lowest BCUT2D eigenvalue weighted by Gasteiger charge is -2.34. The zero-order valence-electron chi connectivity index (χ0n) is 7.23. The molecular formula is C8H14O4. The predicted octanol–water partition coefficient (Wildman–Crippen LogP) is 0.245. The average molecular weight is 174 g/mol. The maximum absolute atomic E-state index is 10.6. The van der Waals surface area contributed by atoms with Gasteiger partial charge in [0, 0.05) is 0 Å². The van der Waals surface area contributed by atoms with Gasteiger partial charge in [-0.05, 0) is 19.3 Å². The molecule has 2 N–H and O–H groups in total. The molecule has 0 radical (unpaired) electrons. The molecule has 4 nitrogen and oxygen atoms in total. The number of aliphatic hydroxyl groups is 1. The number of hydrogen-bond donors (Lipinski definition) is 2. The molecule has 0 aromatic carbocycles. The fourth-order valence-corrected chi connectivity index (χ4v) is 1.45. The highest BCUT2D eigenvalue weighted by atomic mass is 16.5. The lowest BCUT2D eigenvalue weighted by atomic mass is 9.92. The van der Waals surface area contributed by atoms with Crippen LogP contribution < -0.4 is 0 Å². The fourth-order valence-electron chi connectivity index (χ4n) is 1.45. The molecule has 0 aromatic rings. The molecule has 4 heteroatoms. The average Bonchev–Trinajstić information content (AvgIpc) is 1.96. The van der Waals surface area contributed by atoms with Gasteiger partial charge in [-0.25, -0.2) is 4.79 Å². The van der Waals surface area contributed by atoms with Crippen LogP contribution in [0.25, 0.3) is 0 Å². The maximum Gasteiger partial charge on any atom is 0.333 e. The molecule has 0 aliphatic carbocycles. The Labute approximate surface area is 71.2 Å². The van der Waals surface area contributed by atoms with Crippen LogP contribution in [0, 0.1) is 5.92 Å².